The molecule has 0 bridgehead atoms. The van der Waals surface area contributed by atoms with Gasteiger partial charge in [0.15, 0.2) is 0 Å². The molecule has 1 fully saturated rings. The van der Waals surface area contributed by atoms with Crippen molar-refractivity contribution in [3.8, 4) is 0 Å². The summed E-state index contributed by atoms with van der Waals surface area (Å²) in [5.41, 5.74) is 6.89. The van der Waals surface area contributed by atoms with Gasteiger partial charge in [-0.25, -0.2) is 4.39 Å². The predicted octanol–water partition coefficient (Wildman–Crippen LogP) is 3.56. The van der Waals surface area contributed by atoms with Crippen molar-refractivity contribution in [3.63, 3.8) is 0 Å². The molecule has 4 nitrogen and oxygen atoms in total. The van der Waals surface area contributed by atoms with E-state index in [-0.39, 0.29) is 11.6 Å². The molecule has 1 aliphatic rings. The highest BCUT2D eigenvalue weighted by Crippen LogP contribution is 2.37. The van der Waals surface area contributed by atoms with E-state index in [1.54, 1.807) is 24.4 Å². The monoisotopic (exact) mass is 337 g/mol. The number of para-hydroxylation sites is 1. The van der Waals surface area contributed by atoms with Crippen molar-refractivity contribution in [2.24, 2.45) is 0 Å². The van der Waals surface area contributed by atoms with Gasteiger partial charge in [0, 0.05) is 16.7 Å². The Bertz CT molecular complexity index is 659. The highest BCUT2D eigenvalue weighted by atomic mass is 79.9. The molecule has 20 heavy (non-hydrogen) atoms. The van der Waals surface area contributed by atoms with E-state index in [0.29, 0.717) is 21.9 Å². The topological polar surface area (TPSA) is 60.1 Å². The first-order chi connectivity index (χ1) is 9.56. The van der Waals surface area contributed by atoms with E-state index in [4.69, 9.17) is 5.73 Å². The SMILES string of the molecule is Nc1cc(C(=O)Nc2c(F)cccc2Br)n(C2CC2)c1. The fourth-order valence-corrected chi connectivity index (χ4v) is 2.57. The van der Waals surface area contributed by atoms with Crippen molar-refractivity contribution in [2.75, 3.05) is 11.1 Å². The first kappa shape index (κ1) is 13.2. The van der Waals surface area contributed by atoms with E-state index < -0.39 is 5.82 Å². The minimum absolute atomic E-state index is 0.139. The summed E-state index contributed by atoms with van der Waals surface area (Å²) < 4.78 is 16.1. The molecule has 0 saturated heterocycles. The number of nitrogens with one attached hydrogen (secondary N) is 1. The van der Waals surface area contributed by atoms with Crippen molar-refractivity contribution >= 4 is 33.2 Å². The van der Waals surface area contributed by atoms with Crippen LogP contribution in [0.4, 0.5) is 15.8 Å². The van der Waals surface area contributed by atoms with Gasteiger partial charge in [0.25, 0.3) is 5.91 Å². The fourth-order valence-electron chi connectivity index (χ4n) is 2.13. The van der Waals surface area contributed by atoms with Gasteiger partial charge in [0.2, 0.25) is 0 Å². The van der Waals surface area contributed by atoms with Gasteiger partial charge >= 0.3 is 0 Å². The molecule has 2 aromatic rings. The molecule has 1 aliphatic carbocycles. The number of aromatic nitrogens is 1. The van der Waals surface area contributed by atoms with Crippen LogP contribution in [0.5, 0.6) is 0 Å². The van der Waals surface area contributed by atoms with Gasteiger partial charge in [-0.1, -0.05) is 6.07 Å². The Morgan fingerprint density at radius 1 is 1.45 bits per heavy atom. The van der Waals surface area contributed by atoms with Crippen LogP contribution in [0.15, 0.2) is 34.9 Å². The highest BCUT2D eigenvalue weighted by molar-refractivity contribution is 9.10. The number of nitrogens with two attached hydrogens (primary N) is 1. The maximum atomic E-state index is 13.7. The van der Waals surface area contributed by atoms with Crippen LogP contribution in [-0.2, 0) is 0 Å². The lowest BCUT2D eigenvalue weighted by atomic mass is 10.3. The van der Waals surface area contributed by atoms with Crippen LogP contribution in [0, 0.1) is 5.82 Å². The predicted molar refractivity (Wildman–Crippen MR) is 79.2 cm³/mol. The molecule has 1 saturated carbocycles. The molecular formula is C14H13BrFN3O. The lowest BCUT2D eigenvalue weighted by Gasteiger charge is -2.10. The number of benzene rings is 1. The number of carbonyl (C=O) groups is 1. The summed E-state index contributed by atoms with van der Waals surface area (Å²) in [5, 5.41) is 2.59. The molecule has 0 aliphatic heterocycles. The first-order valence-electron chi connectivity index (χ1n) is 6.29. The zero-order valence-corrected chi connectivity index (χ0v) is 12.2. The third-order valence-electron chi connectivity index (χ3n) is 3.24. The number of hydrogen-bond acceptors (Lipinski definition) is 2. The van der Waals surface area contributed by atoms with Crippen molar-refractivity contribution in [1.29, 1.82) is 0 Å². The standard InChI is InChI=1S/C14H13BrFN3O/c15-10-2-1-3-11(16)13(10)18-14(20)12-6-8(17)7-19(12)9-4-5-9/h1-3,6-7,9H,4-5,17H2,(H,18,20). The summed E-state index contributed by atoms with van der Waals surface area (Å²) in [4.78, 5) is 12.3. The number of hydrogen-bond donors (Lipinski definition) is 2. The average molecular weight is 338 g/mol. The largest absolute Gasteiger partial charge is 0.397 e. The number of rotatable bonds is 3. The molecule has 0 unspecified atom stereocenters. The van der Waals surface area contributed by atoms with Crippen molar-refractivity contribution in [1.82, 2.24) is 4.57 Å². The smallest absolute Gasteiger partial charge is 0.272 e. The number of nitrogens with zero attached hydrogens (tertiary/aromatic N) is 1. The van der Waals surface area contributed by atoms with E-state index in [1.165, 1.54) is 6.07 Å². The minimum atomic E-state index is -0.481. The summed E-state index contributed by atoms with van der Waals surface area (Å²) in [7, 11) is 0. The second-order valence-electron chi connectivity index (χ2n) is 4.85. The molecular weight excluding hydrogens is 325 g/mol. The Balaban J connectivity index is 1.90. The summed E-state index contributed by atoms with van der Waals surface area (Å²) >= 11 is 3.23. The second-order valence-corrected chi connectivity index (χ2v) is 5.70. The zero-order chi connectivity index (χ0) is 14.3. The van der Waals surface area contributed by atoms with Gasteiger partial charge in [-0.3, -0.25) is 4.79 Å². The summed E-state index contributed by atoms with van der Waals surface area (Å²) in [6.07, 6.45) is 3.83. The van der Waals surface area contributed by atoms with Crippen molar-refractivity contribution < 1.29 is 9.18 Å². The number of amides is 1. The van der Waals surface area contributed by atoms with E-state index >= 15 is 0 Å². The van der Waals surface area contributed by atoms with Crippen molar-refractivity contribution in [3.05, 3.63) is 46.4 Å². The highest BCUT2D eigenvalue weighted by Gasteiger charge is 2.28. The van der Waals surface area contributed by atoms with Gasteiger partial charge in [-0.15, -0.1) is 0 Å². The number of anilines is 2. The summed E-state index contributed by atoms with van der Waals surface area (Å²) in [5.74, 6) is -0.843. The summed E-state index contributed by atoms with van der Waals surface area (Å²) in [6, 6.07) is 6.49. The quantitative estimate of drug-likeness (QED) is 0.899. The summed E-state index contributed by atoms with van der Waals surface area (Å²) in [6.45, 7) is 0. The normalized spacial score (nSPS) is 14.3. The number of halogens is 2. The third-order valence-corrected chi connectivity index (χ3v) is 3.90. The maximum Gasteiger partial charge on any atom is 0.272 e. The third kappa shape index (κ3) is 2.43. The number of carbonyl (C=O) groups excluding carboxylic acids is 1. The Labute approximate surface area is 123 Å². The van der Waals surface area contributed by atoms with Crippen LogP contribution in [0.2, 0.25) is 0 Å². The molecule has 3 rings (SSSR count). The van der Waals surface area contributed by atoms with Gasteiger partial charge in [0.1, 0.15) is 11.5 Å². The molecule has 1 aromatic heterocycles. The Morgan fingerprint density at radius 2 is 2.20 bits per heavy atom. The minimum Gasteiger partial charge on any atom is -0.397 e. The molecule has 1 aromatic carbocycles. The van der Waals surface area contributed by atoms with Crippen LogP contribution in [-0.4, -0.2) is 10.5 Å². The van der Waals surface area contributed by atoms with Gasteiger partial charge in [-0.2, -0.15) is 0 Å². The van der Waals surface area contributed by atoms with Crippen LogP contribution in [0.25, 0.3) is 0 Å². The molecule has 6 heteroatoms. The molecule has 0 radical (unpaired) electrons. The molecule has 0 spiro atoms. The molecule has 1 heterocycles. The van der Waals surface area contributed by atoms with Gasteiger partial charge in [-0.05, 0) is 47.0 Å². The van der Waals surface area contributed by atoms with Crippen LogP contribution in [0.1, 0.15) is 29.4 Å². The Kier molecular flexibility index (Phi) is 3.25. The second kappa shape index (κ2) is 4.94. The van der Waals surface area contributed by atoms with Crippen LogP contribution < -0.4 is 11.1 Å². The Morgan fingerprint density at radius 3 is 2.85 bits per heavy atom. The first-order valence-corrected chi connectivity index (χ1v) is 7.08. The molecule has 0 atom stereocenters. The zero-order valence-electron chi connectivity index (χ0n) is 10.6. The van der Waals surface area contributed by atoms with Gasteiger partial charge < -0.3 is 15.6 Å². The molecule has 1 amide bonds. The average Bonchev–Trinajstić information content (AvgIpc) is 3.17. The maximum absolute atomic E-state index is 13.7. The lowest BCUT2D eigenvalue weighted by Crippen LogP contribution is -2.17. The van der Waals surface area contributed by atoms with E-state index in [0.717, 1.165) is 12.8 Å². The van der Waals surface area contributed by atoms with Crippen molar-refractivity contribution in [2.45, 2.75) is 18.9 Å². The molecule has 104 valence electrons. The molecule has 3 N–H and O–H groups in total. The van der Waals surface area contributed by atoms with E-state index in [9.17, 15) is 9.18 Å². The Hall–Kier alpha value is -1.82. The fraction of sp³-hybridized carbons (Fsp3) is 0.214. The van der Waals surface area contributed by atoms with Crippen LogP contribution >= 0.6 is 15.9 Å². The van der Waals surface area contributed by atoms with Gasteiger partial charge in [0.05, 0.1) is 11.4 Å². The van der Waals surface area contributed by atoms with Crippen LogP contribution in [0.3, 0.4) is 0 Å². The lowest BCUT2D eigenvalue weighted by molar-refractivity contribution is 0.101. The van der Waals surface area contributed by atoms with E-state index in [1.807, 2.05) is 4.57 Å². The number of nitrogen functional groups attached to an aromatic ring is 1. The van der Waals surface area contributed by atoms with E-state index in [2.05, 4.69) is 21.2 Å².